The molecule has 4 nitrogen and oxygen atoms in total. The lowest BCUT2D eigenvalue weighted by Crippen LogP contribution is -2.30. The lowest BCUT2D eigenvalue weighted by molar-refractivity contribution is -0.122. The number of benzene rings is 1. The molecular weight excluding hydrogens is 250 g/mol. The predicted octanol–water partition coefficient (Wildman–Crippen LogP) is 2.86. The Hall–Kier alpha value is -2.10. The van der Waals surface area contributed by atoms with Crippen LogP contribution in [0.1, 0.15) is 37.7 Å². The first-order valence-electron chi connectivity index (χ1n) is 6.97. The monoisotopic (exact) mass is 271 g/mol. The third kappa shape index (κ3) is 4.23. The normalized spacial score (nSPS) is 12.3. The second kappa shape index (κ2) is 6.89. The minimum absolute atomic E-state index is 0.0476. The molecule has 1 atom stereocenters. The second-order valence-corrected chi connectivity index (χ2v) is 5.37. The van der Waals surface area contributed by atoms with Gasteiger partial charge in [-0.2, -0.15) is 0 Å². The van der Waals surface area contributed by atoms with Crippen LogP contribution in [-0.2, 0) is 11.2 Å². The van der Waals surface area contributed by atoms with Gasteiger partial charge in [0.1, 0.15) is 5.82 Å². The molecule has 1 aromatic carbocycles. The van der Waals surface area contributed by atoms with Gasteiger partial charge in [-0.25, -0.2) is 4.98 Å². The molecule has 0 bridgehead atoms. The van der Waals surface area contributed by atoms with E-state index in [0.29, 0.717) is 18.8 Å². The Morgan fingerprint density at radius 1 is 1.30 bits per heavy atom. The molecule has 0 aliphatic rings. The largest absolute Gasteiger partial charge is 0.349 e. The van der Waals surface area contributed by atoms with Gasteiger partial charge in [0.2, 0.25) is 5.91 Å². The number of H-pyrrole nitrogens is 1. The Balaban J connectivity index is 2.10. The van der Waals surface area contributed by atoms with Gasteiger partial charge in [0.25, 0.3) is 0 Å². The predicted molar refractivity (Wildman–Crippen MR) is 79.1 cm³/mol. The molecule has 4 heteroatoms. The molecule has 0 saturated carbocycles. The van der Waals surface area contributed by atoms with E-state index >= 15 is 0 Å². The van der Waals surface area contributed by atoms with E-state index < -0.39 is 0 Å². The Kier molecular flexibility index (Phi) is 4.93. The molecule has 0 spiro atoms. The van der Waals surface area contributed by atoms with Crippen molar-refractivity contribution in [3.63, 3.8) is 0 Å². The average Bonchev–Trinajstić information content (AvgIpc) is 2.91. The maximum absolute atomic E-state index is 12.0. The van der Waals surface area contributed by atoms with Crippen molar-refractivity contribution in [2.75, 3.05) is 0 Å². The number of aromatic nitrogens is 2. The highest BCUT2D eigenvalue weighted by atomic mass is 16.1. The first-order chi connectivity index (χ1) is 9.65. The Morgan fingerprint density at radius 2 is 2.05 bits per heavy atom. The summed E-state index contributed by atoms with van der Waals surface area (Å²) in [5, 5.41) is 3.10. The first kappa shape index (κ1) is 14.3. The molecule has 20 heavy (non-hydrogen) atoms. The van der Waals surface area contributed by atoms with Crippen molar-refractivity contribution in [3.05, 3.63) is 54.1 Å². The van der Waals surface area contributed by atoms with E-state index in [0.717, 1.165) is 11.4 Å². The number of hydrogen-bond donors (Lipinski definition) is 2. The molecule has 2 rings (SSSR count). The number of nitrogens with zero attached hydrogens (tertiary/aromatic N) is 1. The Labute approximate surface area is 119 Å². The van der Waals surface area contributed by atoms with Gasteiger partial charge in [-0.1, -0.05) is 44.2 Å². The van der Waals surface area contributed by atoms with Crippen LogP contribution in [-0.4, -0.2) is 15.9 Å². The van der Waals surface area contributed by atoms with Gasteiger partial charge < -0.3 is 10.3 Å². The van der Waals surface area contributed by atoms with Crippen molar-refractivity contribution >= 4 is 5.91 Å². The maximum Gasteiger partial charge on any atom is 0.220 e. The van der Waals surface area contributed by atoms with E-state index in [9.17, 15) is 4.79 Å². The van der Waals surface area contributed by atoms with Crippen LogP contribution in [0.2, 0.25) is 0 Å². The molecule has 2 aromatic rings. The summed E-state index contributed by atoms with van der Waals surface area (Å²) >= 11 is 0. The fraction of sp³-hybridized carbons (Fsp3) is 0.375. The molecule has 0 radical (unpaired) electrons. The lowest BCUT2D eigenvalue weighted by Gasteiger charge is -2.19. The Bertz CT molecular complexity index is 520. The molecule has 1 aromatic heterocycles. The van der Waals surface area contributed by atoms with Crippen LogP contribution < -0.4 is 5.32 Å². The van der Waals surface area contributed by atoms with Crippen LogP contribution in [0.5, 0.6) is 0 Å². The smallest absolute Gasteiger partial charge is 0.220 e. The summed E-state index contributed by atoms with van der Waals surface area (Å²) in [5.41, 5.74) is 1.10. The minimum atomic E-state index is -0.0476. The lowest BCUT2D eigenvalue weighted by atomic mass is 10.0. The molecule has 1 amide bonds. The van der Waals surface area contributed by atoms with Gasteiger partial charge in [0.15, 0.2) is 0 Å². The van der Waals surface area contributed by atoms with Crippen LogP contribution in [0.15, 0.2) is 42.7 Å². The van der Waals surface area contributed by atoms with Gasteiger partial charge in [-0.15, -0.1) is 0 Å². The zero-order chi connectivity index (χ0) is 14.4. The van der Waals surface area contributed by atoms with Crippen LogP contribution in [0.25, 0.3) is 0 Å². The summed E-state index contributed by atoms with van der Waals surface area (Å²) in [4.78, 5) is 19.4. The van der Waals surface area contributed by atoms with Crippen molar-refractivity contribution < 1.29 is 4.79 Å². The zero-order valence-electron chi connectivity index (χ0n) is 12.0. The molecule has 2 N–H and O–H groups in total. The summed E-state index contributed by atoms with van der Waals surface area (Å²) in [7, 11) is 0. The third-order valence-electron chi connectivity index (χ3n) is 3.08. The van der Waals surface area contributed by atoms with Gasteiger partial charge in [0, 0.05) is 25.2 Å². The molecule has 0 fully saturated rings. The quantitative estimate of drug-likeness (QED) is 0.848. The van der Waals surface area contributed by atoms with Crippen molar-refractivity contribution in [2.45, 2.75) is 32.7 Å². The summed E-state index contributed by atoms with van der Waals surface area (Å²) in [5.74, 6) is 1.32. The van der Waals surface area contributed by atoms with Crippen molar-refractivity contribution in [3.8, 4) is 0 Å². The fourth-order valence-electron chi connectivity index (χ4n) is 2.16. The van der Waals surface area contributed by atoms with Gasteiger partial charge >= 0.3 is 0 Å². The highest BCUT2D eigenvalue weighted by molar-refractivity contribution is 5.76. The summed E-state index contributed by atoms with van der Waals surface area (Å²) < 4.78 is 0. The SMILES string of the molecule is CC(C)CC(=O)NC(Cc1ncc[nH]1)c1ccccc1. The van der Waals surface area contributed by atoms with E-state index in [1.54, 1.807) is 12.4 Å². The highest BCUT2D eigenvalue weighted by Gasteiger charge is 2.16. The van der Waals surface area contributed by atoms with Gasteiger partial charge in [-0.3, -0.25) is 4.79 Å². The number of hydrogen-bond acceptors (Lipinski definition) is 2. The van der Waals surface area contributed by atoms with Crippen molar-refractivity contribution in [2.24, 2.45) is 5.92 Å². The molecule has 0 saturated heterocycles. The average molecular weight is 271 g/mol. The standard InChI is InChI=1S/C16H21N3O/c1-12(2)10-16(20)19-14(11-15-17-8-9-18-15)13-6-4-3-5-7-13/h3-9,12,14H,10-11H2,1-2H3,(H,17,18)(H,19,20). The van der Waals surface area contributed by atoms with Crippen LogP contribution in [0.4, 0.5) is 0 Å². The highest BCUT2D eigenvalue weighted by Crippen LogP contribution is 2.17. The summed E-state index contributed by atoms with van der Waals surface area (Å²) in [6, 6.07) is 9.96. The van der Waals surface area contributed by atoms with Crippen LogP contribution in [0.3, 0.4) is 0 Å². The molecule has 1 unspecified atom stereocenters. The van der Waals surface area contributed by atoms with E-state index in [-0.39, 0.29) is 11.9 Å². The number of amides is 1. The Morgan fingerprint density at radius 3 is 2.65 bits per heavy atom. The number of imidazole rings is 1. The summed E-state index contributed by atoms with van der Waals surface area (Å²) in [6.45, 7) is 4.09. The van der Waals surface area contributed by atoms with E-state index in [4.69, 9.17) is 0 Å². The van der Waals surface area contributed by atoms with Crippen LogP contribution in [0, 0.1) is 5.92 Å². The van der Waals surface area contributed by atoms with Crippen molar-refractivity contribution in [1.29, 1.82) is 0 Å². The van der Waals surface area contributed by atoms with E-state index in [1.165, 1.54) is 0 Å². The minimum Gasteiger partial charge on any atom is -0.349 e. The van der Waals surface area contributed by atoms with Crippen molar-refractivity contribution in [1.82, 2.24) is 15.3 Å². The van der Waals surface area contributed by atoms with E-state index in [2.05, 4.69) is 15.3 Å². The fourth-order valence-corrected chi connectivity index (χ4v) is 2.16. The molecule has 0 aliphatic carbocycles. The third-order valence-corrected chi connectivity index (χ3v) is 3.08. The number of carbonyl (C=O) groups is 1. The first-order valence-corrected chi connectivity index (χ1v) is 6.97. The molecular formula is C16H21N3O. The number of carbonyl (C=O) groups excluding carboxylic acids is 1. The van der Waals surface area contributed by atoms with E-state index in [1.807, 2.05) is 44.2 Å². The molecule has 106 valence electrons. The topological polar surface area (TPSA) is 57.8 Å². The van der Waals surface area contributed by atoms with Crippen LogP contribution >= 0.6 is 0 Å². The number of nitrogens with one attached hydrogen (secondary N) is 2. The number of aromatic amines is 1. The summed E-state index contributed by atoms with van der Waals surface area (Å²) in [6.07, 6.45) is 4.74. The second-order valence-electron chi connectivity index (χ2n) is 5.37. The van der Waals surface area contributed by atoms with Gasteiger partial charge in [0.05, 0.1) is 6.04 Å². The maximum atomic E-state index is 12.0. The van der Waals surface area contributed by atoms with Gasteiger partial charge in [-0.05, 0) is 11.5 Å². The molecule has 0 aliphatic heterocycles. The molecule has 1 heterocycles. The number of rotatable bonds is 6. The zero-order valence-corrected chi connectivity index (χ0v) is 12.0.